The Kier molecular flexibility index (Phi) is 5.10. The first-order chi connectivity index (χ1) is 13.6. The van der Waals surface area contributed by atoms with Crippen molar-refractivity contribution in [1.29, 1.82) is 0 Å². The monoisotopic (exact) mass is 376 g/mol. The lowest BCUT2D eigenvalue weighted by atomic mass is 10.0. The van der Waals surface area contributed by atoms with Gasteiger partial charge in [0, 0.05) is 25.1 Å². The summed E-state index contributed by atoms with van der Waals surface area (Å²) in [6.45, 7) is 0.599. The Bertz CT molecular complexity index is 996. The molecule has 0 radical (unpaired) electrons. The Morgan fingerprint density at radius 1 is 1.04 bits per heavy atom. The van der Waals surface area contributed by atoms with Crippen LogP contribution in [0.4, 0.5) is 0 Å². The highest BCUT2D eigenvalue weighted by molar-refractivity contribution is 5.87. The molecule has 28 heavy (non-hydrogen) atoms. The van der Waals surface area contributed by atoms with Gasteiger partial charge in [0.1, 0.15) is 11.9 Å². The van der Waals surface area contributed by atoms with Gasteiger partial charge in [-0.25, -0.2) is 4.98 Å². The predicted molar refractivity (Wildman–Crippen MR) is 108 cm³/mol. The molecule has 1 saturated heterocycles. The Hall–Kier alpha value is -3.15. The molecule has 6 nitrogen and oxygen atoms in total. The van der Waals surface area contributed by atoms with Crippen LogP contribution >= 0.6 is 0 Å². The van der Waals surface area contributed by atoms with Gasteiger partial charge in [-0.1, -0.05) is 30.3 Å². The van der Waals surface area contributed by atoms with Crippen LogP contribution in [-0.2, 0) is 16.0 Å². The molecule has 144 valence electrons. The first kappa shape index (κ1) is 18.2. The number of carbonyl (C=O) groups is 2. The van der Waals surface area contributed by atoms with Crippen LogP contribution in [0.2, 0.25) is 0 Å². The smallest absolute Gasteiger partial charge is 0.240 e. The van der Waals surface area contributed by atoms with Crippen LogP contribution in [-0.4, -0.2) is 38.9 Å². The van der Waals surface area contributed by atoms with Gasteiger partial charge in [0.05, 0.1) is 11.0 Å². The van der Waals surface area contributed by atoms with Gasteiger partial charge in [-0.2, -0.15) is 0 Å². The van der Waals surface area contributed by atoms with E-state index in [1.54, 1.807) is 4.90 Å². The van der Waals surface area contributed by atoms with Crippen molar-refractivity contribution >= 4 is 22.8 Å². The Balaban J connectivity index is 1.60. The Labute approximate surface area is 164 Å². The summed E-state index contributed by atoms with van der Waals surface area (Å²) < 4.78 is 2.10. The lowest BCUT2D eigenvalue weighted by Gasteiger charge is -2.33. The second-order valence-corrected chi connectivity index (χ2v) is 7.19. The molecule has 2 amide bonds. The van der Waals surface area contributed by atoms with E-state index in [1.165, 1.54) is 0 Å². The minimum absolute atomic E-state index is 0.0323. The maximum atomic E-state index is 12.8. The zero-order valence-electron chi connectivity index (χ0n) is 15.8. The average molecular weight is 376 g/mol. The van der Waals surface area contributed by atoms with E-state index in [0.717, 1.165) is 35.4 Å². The average Bonchev–Trinajstić information content (AvgIpc) is 3.11. The molecule has 1 aromatic heterocycles. The van der Waals surface area contributed by atoms with Gasteiger partial charge in [0.25, 0.3) is 0 Å². The van der Waals surface area contributed by atoms with Crippen LogP contribution in [0.3, 0.4) is 0 Å². The second kappa shape index (κ2) is 7.84. The fourth-order valence-corrected chi connectivity index (χ4v) is 4.00. The SMILES string of the molecule is NC(=O)C1CCCCN1C(=O)CCc1nc2ccccc2n1-c1ccccc1. The van der Waals surface area contributed by atoms with Crippen molar-refractivity contribution in [3.8, 4) is 5.69 Å². The first-order valence-corrected chi connectivity index (χ1v) is 9.76. The number of nitrogens with two attached hydrogens (primary N) is 1. The van der Waals surface area contributed by atoms with Gasteiger partial charge < -0.3 is 10.6 Å². The van der Waals surface area contributed by atoms with Crippen molar-refractivity contribution in [1.82, 2.24) is 14.5 Å². The van der Waals surface area contributed by atoms with Crippen molar-refractivity contribution in [3.63, 3.8) is 0 Å². The minimum Gasteiger partial charge on any atom is -0.368 e. The zero-order valence-corrected chi connectivity index (χ0v) is 15.8. The molecule has 6 heteroatoms. The molecule has 0 spiro atoms. The molecule has 2 N–H and O–H groups in total. The molecule has 0 aliphatic carbocycles. The van der Waals surface area contributed by atoms with E-state index in [-0.39, 0.29) is 5.91 Å². The summed E-state index contributed by atoms with van der Waals surface area (Å²) in [4.78, 5) is 31.0. The van der Waals surface area contributed by atoms with Gasteiger partial charge in [-0.3, -0.25) is 14.2 Å². The minimum atomic E-state index is -0.478. The summed E-state index contributed by atoms with van der Waals surface area (Å²) in [6, 6.07) is 17.5. The number of amides is 2. The highest BCUT2D eigenvalue weighted by atomic mass is 16.2. The van der Waals surface area contributed by atoms with Crippen LogP contribution in [0.15, 0.2) is 54.6 Å². The van der Waals surface area contributed by atoms with Crippen molar-refractivity contribution < 1.29 is 9.59 Å². The van der Waals surface area contributed by atoms with Crippen LogP contribution < -0.4 is 5.73 Å². The number of imidazole rings is 1. The fraction of sp³-hybridized carbons (Fsp3) is 0.318. The molecule has 1 aliphatic heterocycles. The molecule has 0 saturated carbocycles. The Morgan fingerprint density at radius 3 is 2.57 bits per heavy atom. The number of carbonyl (C=O) groups excluding carboxylic acids is 2. The fourth-order valence-electron chi connectivity index (χ4n) is 4.00. The normalized spacial score (nSPS) is 17.0. The number of aryl methyl sites for hydroxylation is 1. The van der Waals surface area contributed by atoms with Crippen LogP contribution in [0, 0.1) is 0 Å². The van der Waals surface area contributed by atoms with E-state index >= 15 is 0 Å². The molecule has 1 fully saturated rings. The summed E-state index contributed by atoms with van der Waals surface area (Å²) in [6.07, 6.45) is 3.31. The van der Waals surface area contributed by atoms with Crippen LogP contribution in [0.25, 0.3) is 16.7 Å². The second-order valence-electron chi connectivity index (χ2n) is 7.19. The quantitative estimate of drug-likeness (QED) is 0.743. The topological polar surface area (TPSA) is 81.2 Å². The van der Waals surface area contributed by atoms with Crippen molar-refractivity contribution in [2.75, 3.05) is 6.54 Å². The van der Waals surface area contributed by atoms with Gasteiger partial charge in [-0.05, 0) is 43.5 Å². The van der Waals surface area contributed by atoms with Gasteiger partial charge in [-0.15, -0.1) is 0 Å². The van der Waals surface area contributed by atoms with E-state index in [2.05, 4.69) is 4.57 Å². The van der Waals surface area contributed by atoms with E-state index in [1.807, 2.05) is 54.6 Å². The molecule has 1 atom stereocenters. The molecule has 1 aliphatic rings. The number of nitrogens with zero attached hydrogens (tertiary/aromatic N) is 3. The number of aromatic nitrogens is 2. The van der Waals surface area contributed by atoms with E-state index in [9.17, 15) is 9.59 Å². The number of hydrogen-bond acceptors (Lipinski definition) is 3. The van der Waals surface area contributed by atoms with Crippen molar-refractivity contribution in [2.45, 2.75) is 38.1 Å². The molecule has 2 heterocycles. The van der Waals surface area contributed by atoms with Gasteiger partial charge in [0.15, 0.2) is 0 Å². The molecular formula is C22H24N4O2. The third-order valence-corrected chi connectivity index (χ3v) is 5.36. The maximum Gasteiger partial charge on any atom is 0.240 e. The number of hydrogen-bond donors (Lipinski definition) is 1. The highest BCUT2D eigenvalue weighted by Crippen LogP contribution is 2.23. The molecule has 0 bridgehead atoms. The maximum absolute atomic E-state index is 12.8. The van der Waals surface area contributed by atoms with Crippen molar-refractivity contribution in [2.24, 2.45) is 5.73 Å². The van der Waals surface area contributed by atoms with E-state index in [4.69, 9.17) is 10.7 Å². The zero-order chi connectivity index (χ0) is 19.5. The summed E-state index contributed by atoms with van der Waals surface area (Å²) >= 11 is 0. The molecule has 4 rings (SSSR count). The summed E-state index contributed by atoms with van der Waals surface area (Å²) in [5.41, 5.74) is 8.45. The number of benzene rings is 2. The molecular weight excluding hydrogens is 352 g/mol. The molecule has 3 aromatic rings. The number of piperidine rings is 1. The number of likely N-dealkylation sites (tertiary alicyclic amines) is 1. The summed E-state index contributed by atoms with van der Waals surface area (Å²) in [5.74, 6) is 0.396. The lowest BCUT2D eigenvalue weighted by molar-refractivity contribution is -0.141. The third-order valence-electron chi connectivity index (χ3n) is 5.36. The Morgan fingerprint density at radius 2 is 1.79 bits per heavy atom. The van der Waals surface area contributed by atoms with Crippen molar-refractivity contribution in [3.05, 3.63) is 60.4 Å². The number of para-hydroxylation sites is 3. The largest absolute Gasteiger partial charge is 0.368 e. The number of fused-ring (bicyclic) bond motifs is 1. The third kappa shape index (κ3) is 3.50. The lowest BCUT2D eigenvalue weighted by Crippen LogP contribution is -2.50. The predicted octanol–water partition coefficient (Wildman–Crippen LogP) is 2.82. The van der Waals surface area contributed by atoms with E-state index < -0.39 is 11.9 Å². The standard InChI is InChI=1S/C22H24N4O2/c23-22(28)19-12-6-7-15-25(19)21(27)14-13-20-24-17-10-4-5-11-18(17)26(20)16-8-2-1-3-9-16/h1-5,8-11,19H,6-7,12-15H2,(H2,23,28). The first-order valence-electron chi connectivity index (χ1n) is 9.76. The van der Waals surface area contributed by atoms with Gasteiger partial charge in [0.2, 0.25) is 11.8 Å². The van der Waals surface area contributed by atoms with Gasteiger partial charge >= 0.3 is 0 Å². The highest BCUT2D eigenvalue weighted by Gasteiger charge is 2.30. The van der Waals surface area contributed by atoms with Crippen LogP contribution in [0.5, 0.6) is 0 Å². The van der Waals surface area contributed by atoms with Crippen LogP contribution in [0.1, 0.15) is 31.5 Å². The summed E-state index contributed by atoms with van der Waals surface area (Å²) in [5, 5.41) is 0. The summed E-state index contributed by atoms with van der Waals surface area (Å²) in [7, 11) is 0. The molecule has 1 unspecified atom stereocenters. The van der Waals surface area contributed by atoms with E-state index in [0.29, 0.717) is 25.8 Å². The number of rotatable bonds is 5. The molecule has 2 aromatic carbocycles. The number of primary amides is 1.